The molecule has 0 saturated heterocycles. The van der Waals surface area contributed by atoms with Crippen molar-refractivity contribution in [3.05, 3.63) is 63.2 Å². The number of nitro benzene ring substituents is 1. The van der Waals surface area contributed by atoms with Gasteiger partial charge < -0.3 is 19.9 Å². The van der Waals surface area contributed by atoms with Crippen molar-refractivity contribution in [3.63, 3.8) is 0 Å². The third-order valence-electron chi connectivity index (χ3n) is 4.83. The van der Waals surface area contributed by atoms with Crippen LogP contribution in [0.4, 0.5) is 18.9 Å². The number of halogens is 3. The monoisotopic (exact) mass is 440 g/mol. The van der Waals surface area contributed by atoms with Crippen molar-refractivity contribution < 1.29 is 37.5 Å². The van der Waals surface area contributed by atoms with E-state index in [1.54, 1.807) is 6.92 Å². The minimum absolute atomic E-state index is 0.0391. The standard InChI is InChI=1S/C20H19F3N2O6/c1-10-4-6-14(25(28)29)12(8-10)18(27)24-16-13-9-11(30-20(21,22)23)5-7-15(13)31-19(2,3)17(16)26/h4-9,16-17,26H,1-3H3,(H,24,27)/t16-,17+/m1/s1. The van der Waals surface area contributed by atoms with Gasteiger partial charge in [0, 0.05) is 11.6 Å². The van der Waals surface area contributed by atoms with E-state index in [1.165, 1.54) is 38.1 Å². The number of rotatable bonds is 4. The maximum atomic E-state index is 12.9. The van der Waals surface area contributed by atoms with E-state index in [-0.39, 0.29) is 16.9 Å². The van der Waals surface area contributed by atoms with Gasteiger partial charge >= 0.3 is 6.36 Å². The molecule has 0 saturated carbocycles. The molecule has 2 aromatic carbocycles. The number of nitrogens with one attached hydrogen (secondary N) is 1. The van der Waals surface area contributed by atoms with Crippen LogP contribution in [0.3, 0.4) is 0 Å². The molecule has 1 aliphatic heterocycles. The van der Waals surface area contributed by atoms with Gasteiger partial charge in [0.1, 0.15) is 28.8 Å². The van der Waals surface area contributed by atoms with Crippen LogP contribution in [0, 0.1) is 17.0 Å². The summed E-state index contributed by atoms with van der Waals surface area (Å²) in [5.41, 5.74) is -1.28. The summed E-state index contributed by atoms with van der Waals surface area (Å²) in [6, 6.07) is 6.02. The lowest BCUT2D eigenvalue weighted by Gasteiger charge is -2.42. The highest BCUT2D eigenvalue weighted by atomic mass is 19.4. The third-order valence-corrected chi connectivity index (χ3v) is 4.83. The topological polar surface area (TPSA) is 111 Å². The zero-order valence-electron chi connectivity index (χ0n) is 16.7. The van der Waals surface area contributed by atoms with E-state index in [2.05, 4.69) is 10.1 Å². The summed E-state index contributed by atoms with van der Waals surface area (Å²) in [6.45, 7) is 4.72. The van der Waals surface area contributed by atoms with Crippen LogP contribution in [-0.4, -0.2) is 34.0 Å². The number of amides is 1. The van der Waals surface area contributed by atoms with Crippen LogP contribution in [0.25, 0.3) is 0 Å². The van der Waals surface area contributed by atoms with E-state index in [4.69, 9.17) is 4.74 Å². The maximum Gasteiger partial charge on any atom is 0.573 e. The van der Waals surface area contributed by atoms with Gasteiger partial charge in [-0.2, -0.15) is 0 Å². The highest BCUT2D eigenvalue weighted by Gasteiger charge is 2.44. The molecule has 0 bridgehead atoms. The Kier molecular flexibility index (Phi) is 5.57. The fourth-order valence-corrected chi connectivity index (χ4v) is 3.34. The number of aliphatic hydroxyl groups excluding tert-OH is 1. The molecule has 0 spiro atoms. The Morgan fingerprint density at radius 2 is 1.94 bits per heavy atom. The van der Waals surface area contributed by atoms with Crippen LogP contribution >= 0.6 is 0 Å². The molecule has 166 valence electrons. The summed E-state index contributed by atoms with van der Waals surface area (Å²) in [7, 11) is 0. The molecule has 2 atom stereocenters. The number of hydrogen-bond acceptors (Lipinski definition) is 6. The molecule has 2 N–H and O–H groups in total. The fourth-order valence-electron chi connectivity index (χ4n) is 3.34. The second-order valence-electron chi connectivity index (χ2n) is 7.63. The molecule has 0 fully saturated rings. The smallest absolute Gasteiger partial charge is 0.485 e. The van der Waals surface area contributed by atoms with Crippen molar-refractivity contribution in [2.45, 2.75) is 44.9 Å². The zero-order valence-corrected chi connectivity index (χ0v) is 16.7. The Labute approximate surface area is 174 Å². The molecule has 0 radical (unpaired) electrons. The molecule has 2 aromatic rings. The van der Waals surface area contributed by atoms with Gasteiger partial charge in [0.2, 0.25) is 0 Å². The number of hydrogen-bond donors (Lipinski definition) is 2. The Balaban J connectivity index is 2.02. The SMILES string of the molecule is Cc1ccc([N+](=O)[O-])c(C(=O)N[C@@H]2c3cc(OC(F)(F)F)ccc3OC(C)(C)[C@H]2O)c1. The first kappa shape index (κ1) is 22.3. The van der Waals surface area contributed by atoms with E-state index >= 15 is 0 Å². The molecular weight excluding hydrogens is 421 g/mol. The first-order valence-corrected chi connectivity index (χ1v) is 9.11. The van der Waals surface area contributed by atoms with Crippen LogP contribution < -0.4 is 14.8 Å². The first-order valence-electron chi connectivity index (χ1n) is 9.11. The Morgan fingerprint density at radius 3 is 2.55 bits per heavy atom. The van der Waals surface area contributed by atoms with Gasteiger partial charge in [0.05, 0.1) is 11.0 Å². The number of carbonyl (C=O) groups is 1. The van der Waals surface area contributed by atoms with Crippen molar-refractivity contribution in [3.8, 4) is 11.5 Å². The summed E-state index contributed by atoms with van der Waals surface area (Å²) in [6.07, 6.45) is -6.32. The van der Waals surface area contributed by atoms with Gasteiger partial charge in [0.15, 0.2) is 0 Å². The molecule has 3 rings (SSSR count). The van der Waals surface area contributed by atoms with Gasteiger partial charge in [-0.15, -0.1) is 13.2 Å². The summed E-state index contributed by atoms with van der Waals surface area (Å²) < 4.78 is 47.5. The summed E-state index contributed by atoms with van der Waals surface area (Å²) in [5, 5.41) is 24.6. The predicted molar refractivity (Wildman–Crippen MR) is 102 cm³/mol. The van der Waals surface area contributed by atoms with E-state index < -0.39 is 46.4 Å². The number of carbonyl (C=O) groups excluding carboxylic acids is 1. The maximum absolute atomic E-state index is 12.9. The number of ether oxygens (including phenoxy) is 2. The number of alkyl halides is 3. The Hall–Kier alpha value is -3.34. The van der Waals surface area contributed by atoms with E-state index in [0.717, 1.165) is 12.1 Å². The summed E-state index contributed by atoms with van der Waals surface area (Å²) in [4.78, 5) is 23.5. The number of fused-ring (bicyclic) bond motifs is 1. The van der Waals surface area contributed by atoms with Crippen LogP contribution in [0.2, 0.25) is 0 Å². The second-order valence-corrected chi connectivity index (χ2v) is 7.63. The van der Waals surface area contributed by atoms with E-state index in [9.17, 15) is 33.2 Å². The van der Waals surface area contributed by atoms with Gasteiger partial charge in [0.25, 0.3) is 11.6 Å². The fraction of sp³-hybridized carbons (Fsp3) is 0.350. The first-order chi connectivity index (χ1) is 14.3. The number of nitrogens with zero attached hydrogens (tertiary/aromatic N) is 1. The molecule has 11 heteroatoms. The van der Waals surface area contributed by atoms with Gasteiger partial charge in [-0.25, -0.2) is 0 Å². The number of aliphatic hydroxyl groups is 1. The highest BCUT2D eigenvalue weighted by Crippen LogP contribution is 2.42. The summed E-state index contributed by atoms with van der Waals surface area (Å²) >= 11 is 0. The van der Waals surface area contributed by atoms with Crippen molar-refractivity contribution in [1.29, 1.82) is 0 Å². The van der Waals surface area contributed by atoms with Crippen LogP contribution in [0.15, 0.2) is 36.4 Å². The lowest BCUT2D eigenvalue weighted by atomic mass is 9.86. The van der Waals surface area contributed by atoms with E-state index in [0.29, 0.717) is 5.56 Å². The molecule has 0 aliphatic carbocycles. The quantitative estimate of drug-likeness (QED) is 0.553. The molecule has 1 aliphatic rings. The van der Waals surface area contributed by atoms with Crippen LogP contribution in [0.5, 0.6) is 11.5 Å². The summed E-state index contributed by atoms with van der Waals surface area (Å²) in [5.74, 6) is -1.30. The Bertz CT molecular complexity index is 1040. The van der Waals surface area contributed by atoms with Crippen molar-refractivity contribution in [2.75, 3.05) is 0 Å². The average molecular weight is 440 g/mol. The number of nitro groups is 1. The molecular formula is C20H19F3N2O6. The molecule has 1 amide bonds. The molecule has 8 nitrogen and oxygen atoms in total. The van der Waals surface area contributed by atoms with Gasteiger partial charge in [-0.3, -0.25) is 14.9 Å². The van der Waals surface area contributed by atoms with Crippen molar-refractivity contribution >= 4 is 11.6 Å². The predicted octanol–water partition coefficient (Wildman–Crippen LogP) is 3.80. The van der Waals surface area contributed by atoms with E-state index in [1.807, 2.05) is 0 Å². The largest absolute Gasteiger partial charge is 0.573 e. The van der Waals surface area contributed by atoms with Crippen LogP contribution in [0.1, 0.15) is 41.4 Å². The van der Waals surface area contributed by atoms with Crippen molar-refractivity contribution in [2.24, 2.45) is 0 Å². The van der Waals surface area contributed by atoms with Crippen LogP contribution in [-0.2, 0) is 0 Å². The normalized spacial score (nSPS) is 19.7. The third kappa shape index (κ3) is 4.71. The molecule has 0 aromatic heterocycles. The lowest BCUT2D eigenvalue weighted by molar-refractivity contribution is -0.385. The highest BCUT2D eigenvalue weighted by molar-refractivity contribution is 5.98. The minimum Gasteiger partial charge on any atom is -0.485 e. The zero-order chi connectivity index (χ0) is 23.1. The number of aryl methyl sites for hydroxylation is 1. The molecule has 0 unspecified atom stereocenters. The minimum atomic E-state index is -4.94. The second kappa shape index (κ2) is 7.73. The molecule has 31 heavy (non-hydrogen) atoms. The number of benzene rings is 2. The lowest BCUT2D eigenvalue weighted by Crippen LogP contribution is -2.53. The molecule has 1 heterocycles. The Morgan fingerprint density at radius 1 is 1.26 bits per heavy atom. The van der Waals surface area contributed by atoms with Gasteiger partial charge in [-0.05, 0) is 50.6 Å². The average Bonchev–Trinajstić information content (AvgIpc) is 2.64. The van der Waals surface area contributed by atoms with Gasteiger partial charge in [-0.1, -0.05) is 6.07 Å². The van der Waals surface area contributed by atoms with Crippen molar-refractivity contribution in [1.82, 2.24) is 5.32 Å².